The molecule has 0 aromatic heterocycles. The summed E-state index contributed by atoms with van der Waals surface area (Å²) in [6.45, 7) is 5.38. The molecule has 0 radical (unpaired) electrons. The first-order valence-corrected chi connectivity index (χ1v) is 11.3. The summed E-state index contributed by atoms with van der Waals surface area (Å²) in [5.74, 6) is 0.798. The van der Waals surface area contributed by atoms with Crippen LogP contribution in [0, 0.1) is 0 Å². The quantitative estimate of drug-likeness (QED) is 0.585. The summed E-state index contributed by atoms with van der Waals surface area (Å²) < 4.78 is 11.7. The molecule has 1 heterocycles. The maximum absolute atomic E-state index is 12.5. The average molecular weight is 425 g/mol. The Morgan fingerprint density at radius 1 is 1.10 bits per heavy atom. The number of nitrogens with one attached hydrogen (secondary N) is 2. The van der Waals surface area contributed by atoms with Crippen molar-refractivity contribution in [3.8, 4) is 5.75 Å². The Bertz CT molecular complexity index is 608. The SMILES string of the molecule is CCCCCCOc1cccc(NC(=O)OC2CCCCC2[NH+]2CCCC2)c1.[Cl-]. The van der Waals surface area contributed by atoms with Gasteiger partial charge in [0.1, 0.15) is 11.8 Å². The molecule has 1 aromatic carbocycles. The summed E-state index contributed by atoms with van der Waals surface area (Å²) in [6.07, 6.45) is 11.6. The predicted molar refractivity (Wildman–Crippen MR) is 112 cm³/mol. The number of carbonyl (C=O) groups is 1. The number of benzene rings is 1. The van der Waals surface area contributed by atoms with E-state index in [-0.39, 0.29) is 24.6 Å². The van der Waals surface area contributed by atoms with Crippen molar-refractivity contribution in [1.82, 2.24) is 0 Å². The Balaban J connectivity index is 0.00000300. The van der Waals surface area contributed by atoms with Gasteiger partial charge in [-0.15, -0.1) is 0 Å². The van der Waals surface area contributed by atoms with E-state index in [1.54, 1.807) is 4.90 Å². The molecular weight excluding hydrogens is 388 g/mol. The van der Waals surface area contributed by atoms with Gasteiger partial charge in [0.2, 0.25) is 0 Å². The van der Waals surface area contributed by atoms with E-state index < -0.39 is 0 Å². The molecule has 164 valence electrons. The monoisotopic (exact) mass is 424 g/mol. The van der Waals surface area contributed by atoms with Crippen molar-refractivity contribution in [3.05, 3.63) is 24.3 Å². The van der Waals surface area contributed by atoms with Crippen LogP contribution < -0.4 is 27.4 Å². The van der Waals surface area contributed by atoms with Gasteiger partial charge < -0.3 is 26.8 Å². The fraction of sp³-hybridized carbons (Fsp3) is 0.696. The third-order valence-corrected chi connectivity index (χ3v) is 6.08. The number of hydrogen-bond donors (Lipinski definition) is 2. The van der Waals surface area contributed by atoms with E-state index >= 15 is 0 Å². The minimum absolute atomic E-state index is 0. The molecule has 2 aliphatic rings. The molecule has 1 aliphatic carbocycles. The molecule has 1 aliphatic heterocycles. The van der Waals surface area contributed by atoms with Crippen molar-refractivity contribution in [2.45, 2.75) is 83.3 Å². The van der Waals surface area contributed by atoms with E-state index in [4.69, 9.17) is 9.47 Å². The molecule has 1 amide bonds. The van der Waals surface area contributed by atoms with Gasteiger partial charge in [0.15, 0.2) is 6.10 Å². The second kappa shape index (κ2) is 13.0. The second-order valence-electron chi connectivity index (χ2n) is 8.26. The normalized spacial score (nSPS) is 22.0. The summed E-state index contributed by atoms with van der Waals surface area (Å²) >= 11 is 0. The molecule has 2 atom stereocenters. The van der Waals surface area contributed by atoms with Crippen LogP contribution in [0.4, 0.5) is 10.5 Å². The second-order valence-corrected chi connectivity index (χ2v) is 8.26. The van der Waals surface area contributed by atoms with Gasteiger partial charge >= 0.3 is 6.09 Å². The van der Waals surface area contributed by atoms with Crippen LogP contribution in [0.2, 0.25) is 0 Å². The molecule has 6 heteroatoms. The van der Waals surface area contributed by atoms with E-state index in [1.165, 1.54) is 58.0 Å². The molecule has 1 aromatic rings. The smallest absolute Gasteiger partial charge is 0.412 e. The number of likely N-dealkylation sites (tertiary alicyclic amines) is 1. The lowest BCUT2D eigenvalue weighted by atomic mass is 9.91. The summed E-state index contributed by atoms with van der Waals surface area (Å²) in [6, 6.07) is 8.08. The van der Waals surface area contributed by atoms with Crippen LogP contribution in [-0.2, 0) is 4.74 Å². The first-order chi connectivity index (χ1) is 13.8. The first-order valence-electron chi connectivity index (χ1n) is 11.3. The maximum atomic E-state index is 12.5. The van der Waals surface area contributed by atoms with Crippen molar-refractivity contribution in [2.24, 2.45) is 0 Å². The molecule has 29 heavy (non-hydrogen) atoms. The van der Waals surface area contributed by atoms with Gasteiger partial charge in [-0.05, 0) is 37.8 Å². The summed E-state index contributed by atoms with van der Waals surface area (Å²) in [5, 5.41) is 2.90. The Labute approximate surface area is 181 Å². The topological polar surface area (TPSA) is 52.0 Å². The Kier molecular flexibility index (Phi) is 10.6. The van der Waals surface area contributed by atoms with E-state index in [2.05, 4.69) is 12.2 Å². The van der Waals surface area contributed by atoms with Crippen molar-refractivity contribution < 1.29 is 31.6 Å². The van der Waals surface area contributed by atoms with Crippen LogP contribution in [0.15, 0.2) is 24.3 Å². The summed E-state index contributed by atoms with van der Waals surface area (Å²) in [7, 11) is 0. The highest BCUT2D eigenvalue weighted by Crippen LogP contribution is 2.22. The molecule has 1 saturated carbocycles. The van der Waals surface area contributed by atoms with Crippen LogP contribution in [-0.4, -0.2) is 37.9 Å². The number of amides is 1. The zero-order valence-electron chi connectivity index (χ0n) is 17.8. The number of halogens is 1. The summed E-state index contributed by atoms with van der Waals surface area (Å²) in [4.78, 5) is 14.1. The van der Waals surface area contributed by atoms with Gasteiger partial charge in [-0.3, -0.25) is 5.32 Å². The number of carbonyl (C=O) groups excluding carboxylic acids is 1. The number of unbranched alkanes of at least 4 members (excludes halogenated alkanes) is 3. The Morgan fingerprint density at radius 3 is 2.69 bits per heavy atom. The molecule has 3 rings (SSSR count). The van der Waals surface area contributed by atoms with Gasteiger partial charge in [0.25, 0.3) is 0 Å². The molecular formula is C23H37ClN2O3. The highest BCUT2D eigenvalue weighted by Gasteiger charge is 2.37. The number of anilines is 1. The van der Waals surface area contributed by atoms with Crippen molar-refractivity contribution >= 4 is 11.8 Å². The highest BCUT2D eigenvalue weighted by atomic mass is 35.5. The molecule has 2 N–H and O–H groups in total. The minimum Gasteiger partial charge on any atom is -1.00 e. The van der Waals surface area contributed by atoms with Crippen LogP contribution in [0.25, 0.3) is 0 Å². The lowest BCUT2D eigenvalue weighted by Crippen LogP contribution is -3.15. The molecule has 2 unspecified atom stereocenters. The zero-order chi connectivity index (χ0) is 19.6. The number of quaternary nitrogens is 1. The van der Waals surface area contributed by atoms with Crippen LogP contribution in [0.3, 0.4) is 0 Å². The lowest BCUT2D eigenvalue weighted by molar-refractivity contribution is -0.918. The first kappa shape index (κ1) is 23.8. The van der Waals surface area contributed by atoms with Crippen molar-refractivity contribution in [2.75, 3.05) is 25.0 Å². The summed E-state index contributed by atoms with van der Waals surface area (Å²) in [5.41, 5.74) is 0.733. The van der Waals surface area contributed by atoms with E-state index in [9.17, 15) is 4.79 Å². The fourth-order valence-corrected chi connectivity index (χ4v) is 4.57. The Morgan fingerprint density at radius 2 is 1.90 bits per heavy atom. The standard InChI is InChI=1S/C23H36N2O3.ClH/c1-2-3-4-9-17-27-20-12-10-11-19(18-20)24-23(26)28-22-14-6-5-13-21(22)25-15-7-8-16-25;/h10-12,18,21-22H,2-9,13-17H2,1H3,(H,24,26);1H. The van der Waals surface area contributed by atoms with Crippen LogP contribution in [0.1, 0.15) is 71.1 Å². The van der Waals surface area contributed by atoms with E-state index in [1.807, 2.05) is 24.3 Å². The molecule has 0 spiro atoms. The number of rotatable bonds is 9. The average Bonchev–Trinajstić information content (AvgIpc) is 3.23. The maximum Gasteiger partial charge on any atom is 0.412 e. The van der Waals surface area contributed by atoms with Crippen LogP contribution >= 0.6 is 0 Å². The lowest BCUT2D eigenvalue weighted by Gasteiger charge is -2.34. The molecule has 5 nitrogen and oxygen atoms in total. The third kappa shape index (κ3) is 7.71. The number of ether oxygens (including phenoxy) is 2. The van der Waals surface area contributed by atoms with Crippen LogP contribution in [0.5, 0.6) is 5.75 Å². The highest BCUT2D eigenvalue weighted by molar-refractivity contribution is 5.85. The van der Waals surface area contributed by atoms with Crippen molar-refractivity contribution in [3.63, 3.8) is 0 Å². The third-order valence-electron chi connectivity index (χ3n) is 6.08. The van der Waals surface area contributed by atoms with Gasteiger partial charge in [0.05, 0.1) is 19.7 Å². The Hall–Kier alpha value is -1.46. The van der Waals surface area contributed by atoms with Gasteiger partial charge in [-0.25, -0.2) is 4.79 Å². The van der Waals surface area contributed by atoms with Crippen molar-refractivity contribution in [1.29, 1.82) is 0 Å². The largest absolute Gasteiger partial charge is 1.00 e. The van der Waals surface area contributed by atoms with Gasteiger partial charge in [0, 0.05) is 31.0 Å². The number of hydrogen-bond acceptors (Lipinski definition) is 3. The molecule has 1 saturated heterocycles. The van der Waals surface area contributed by atoms with E-state index in [0.717, 1.165) is 37.3 Å². The van der Waals surface area contributed by atoms with Gasteiger partial charge in [-0.1, -0.05) is 32.3 Å². The van der Waals surface area contributed by atoms with Gasteiger partial charge in [-0.2, -0.15) is 0 Å². The zero-order valence-corrected chi connectivity index (χ0v) is 18.5. The minimum atomic E-state index is -0.337. The molecule has 2 fully saturated rings. The van der Waals surface area contributed by atoms with E-state index in [0.29, 0.717) is 6.04 Å². The molecule has 0 bridgehead atoms. The fourth-order valence-electron chi connectivity index (χ4n) is 4.57. The predicted octanol–water partition coefficient (Wildman–Crippen LogP) is 1.19.